The predicted molar refractivity (Wildman–Crippen MR) is 75.2 cm³/mol. The van der Waals surface area contributed by atoms with Crippen molar-refractivity contribution in [3.05, 3.63) is 52.8 Å². The molecule has 0 aliphatic rings. The van der Waals surface area contributed by atoms with Crippen LogP contribution in [-0.2, 0) is 22.6 Å². The van der Waals surface area contributed by atoms with Gasteiger partial charge in [0.05, 0.1) is 12.7 Å². The summed E-state index contributed by atoms with van der Waals surface area (Å²) >= 11 is 5.80. The molecule has 0 radical (unpaired) electrons. The molecule has 0 fully saturated rings. The summed E-state index contributed by atoms with van der Waals surface area (Å²) in [7, 11) is 0. The Bertz CT molecular complexity index is 637. The number of carboxylic acids is 2. The molecule has 0 spiro atoms. The molecule has 0 amide bonds. The number of hydrogen-bond acceptors (Lipinski definition) is 3. The van der Waals surface area contributed by atoms with Crippen molar-refractivity contribution in [3.63, 3.8) is 0 Å². The molecule has 0 aliphatic carbocycles. The minimum absolute atomic E-state index is 0.0920. The van der Waals surface area contributed by atoms with Crippen molar-refractivity contribution >= 4 is 23.5 Å². The highest BCUT2D eigenvalue weighted by Crippen LogP contribution is 2.12. The number of rotatable bonds is 6. The van der Waals surface area contributed by atoms with Crippen molar-refractivity contribution in [2.24, 2.45) is 5.92 Å². The van der Waals surface area contributed by atoms with Gasteiger partial charge in [0.2, 0.25) is 0 Å². The van der Waals surface area contributed by atoms with Gasteiger partial charge in [0.15, 0.2) is 5.92 Å². The van der Waals surface area contributed by atoms with Crippen LogP contribution in [0.1, 0.15) is 11.1 Å². The van der Waals surface area contributed by atoms with Crippen LogP contribution >= 0.6 is 11.6 Å². The summed E-state index contributed by atoms with van der Waals surface area (Å²) in [6, 6.07) is 7.26. The van der Waals surface area contributed by atoms with Gasteiger partial charge in [-0.3, -0.25) is 14.3 Å². The summed E-state index contributed by atoms with van der Waals surface area (Å²) in [5, 5.41) is 22.5. The van der Waals surface area contributed by atoms with E-state index < -0.39 is 17.9 Å². The molecule has 6 nitrogen and oxygen atoms in total. The van der Waals surface area contributed by atoms with Gasteiger partial charge in [0, 0.05) is 11.2 Å². The van der Waals surface area contributed by atoms with E-state index in [1.165, 1.54) is 6.20 Å². The highest BCUT2D eigenvalue weighted by atomic mass is 35.5. The molecule has 0 saturated heterocycles. The van der Waals surface area contributed by atoms with Gasteiger partial charge in [-0.1, -0.05) is 23.7 Å². The van der Waals surface area contributed by atoms with Crippen molar-refractivity contribution in [2.75, 3.05) is 0 Å². The largest absolute Gasteiger partial charge is 0.481 e. The standard InChI is InChI=1S/C14H13ClN2O4/c15-11-3-1-9(2-4-11)7-17-8-10(6-16-17)5-12(13(18)19)14(20)21/h1-4,6,8,12H,5,7H2,(H,18,19)(H,20,21). The molecule has 0 bridgehead atoms. The molecule has 0 saturated carbocycles. The minimum atomic E-state index is -1.46. The Balaban J connectivity index is 2.05. The SMILES string of the molecule is O=C(O)C(Cc1cnn(Cc2ccc(Cl)cc2)c1)C(=O)O. The lowest BCUT2D eigenvalue weighted by Crippen LogP contribution is -2.25. The van der Waals surface area contributed by atoms with E-state index in [2.05, 4.69) is 5.10 Å². The third kappa shape index (κ3) is 4.06. The Morgan fingerprint density at radius 2 is 1.76 bits per heavy atom. The molecule has 110 valence electrons. The van der Waals surface area contributed by atoms with Crippen molar-refractivity contribution in [1.82, 2.24) is 9.78 Å². The second kappa shape index (κ2) is 6.41. The molecule has 0 aliphatic heterocycles. The number of carboxylic acid groups (broad SMARTS) is 2. The maximum absolute atomic E-state index is 10.9. The lowest BCUT2D eigenvalue weighted by Gasteiger charge is -2.05. The van der Waals surface area contributed by atoms with Crippen LogP contribution in [-0.4, -0.2) is 31.9 Å². The Morgan fingerprint density at radius 3 is 2.33 bits per heavy atom. The lowest BCUT2D eigenvalue weighted by molar-refractivity contribution is -0.154. The van der Waals surface area contributed by atoms with Crippen molar-refractivity contribution < 1.29 is 19.8 Å². The van der Waals surface area contributed by atoms with Crippen LogP contribution in [0.2, 0.25) is 5.02 Å². The van der Waals surface area contributed by atoms with Crippen molar-refractivity contribution in [2.45, 2.75) is 13.0 Å². The first-order valence-electron chi connectivity index (χ1n) is 6.17. The summed E-state index contributed by atoms with van der Waals surface area (Å²) in [4.78, 5) is 21.7. The van der Waals surface area contributed by atoms with Gasteiger partial charge in [-0.15, -0.1) is 0 Å². The number of carbonyl (C=O) groups is 2. The second-order valence-electron chi connectivity index (χ2n) is 4.61. The van der Waals surface area contributed by atoms with E-state index >= 15 is 0 Å². The van der Waals surface area contributed by atoms with Gasteiger partial charge in [-0.25, -0.2) is 0 Å². The van der Waals surface area contributed by atoms with Gasteiger partial charge in [-0.2, -0.15) is 5.10 Å². The van der Waals surface area contributed by atoms with Crippen molar-refractivity contribution in [1.29, 1.82) is 0 Å². The first-order valence-corrected chi connectivity index (χ1v) is 6.55. The van der Waals surface area contributed by atoms with Crippen LogP contribution in [0.5, 0.6) is 0 Å². The highest BCUT2D eigenvalue weighted by Gasteiger charge is 2.26. The van der Waals surface area contributed by atoms with Gasteiger partial charge in [0.25, 0.3) is 0 Å². The molecule has 2 N–H and O–H groups in total. The topological polar surface area (TPSA) is 92.4 Å². The zero-order valence-corrected chi connectivity index (χ0v) is 11.7. The average Bonchev–Trinajstić information content (AvgIpc) is 2.85. The second-order valence-corrected chi connectivity index (χ2v) is 5.04. The highest BCUT2D eigenvalue weighted by molar-refractivity contribution is 6.30. The van der Waals surface area contributed by atoms with Crippen LogP contribution in [0.3, 0.4) is 0 Å². The Morgan fingerprint density at radius 1 is 1.14 bits per heavy atom. The third-order valence-electron chi connectivity index (χ3n) is 2.98. The Hall–Kier alpha value is -2.34. The van der Waals surface area contributed by atoms with Crippen molar-refractivity contribution in [3.8, 4) is 0 Å². The molecule has 21 heavy (non-hydrogen) atoms. The maximum atomic E-state index is 10.9. The van der Waals surface area contributed by atoms with Gasteiger partial charge >= 0.3 is 11.9 Å². The first-order chi connectivity index (χ1) is 9.95. The molecule has 1 aromatic heterocycles. The van der Waals surface area contributed by atoms with E-state index in [1.54, 1.807) is 23.0 Å². The summed E-state index contributed by atoms with van der Waals surface area (Å²) in [5.74, 6) is -4.17. The normalized spacial score (nSPS) is 10.8. The fourth-order valence-electron chi connectivity index (χ4n) is 1.89. The summed E-state index contributed by atoms with van der Waals surface area (Å²) < 4.78 is 1.62. The minimum Gasteiger partial charge on any atom is -0.481 e. The van der Waals surface area contributed by atoms with E-state index in [9.17, 15) is 9.59 Å². The molecule has 1 aromatic carbocycles. The Kier molecular flexibility index (Phi) is 4.59. The van der Waals surface area contributed by atoms with E-state index in [-0.39, 0.29) is 6.42 Å². The zero-order valence-electron chi connectivity index (χ0n) is 10.9. The molecule has 2 aromatic rings. The third-order valence-corrected chi connectivity index (χ3v) is 3.23. The maximum Gasteiger partial charge on any atom is 0.318 e. The quantitative estimate of drug-likeness (QED) is 0.795. The van der Waals surface area contributed by atoms with Gasteiger partial charge in [0.1, 0.15) is 0 Å². The van der Waals surface area contributed by atoms with Gasteiger partial charge in [-0.05, 0) is 29.7 Å². The monoisotopic (exact) mass is 308 g/mol. The smallest absolute Gasteiger partial charge is 0.318 e. The van der Waals surface area contributed by atoms with Crippen LogP contribution in [0.15, 0.2) is 36.7 Å². The van der Waals surface area contributed by atoms with Crippen LogP contribution in [0, 0.1) is 5.92 Å². The number of aliphatic carboxylic acids is 2. The van der Waals surface area contributed by atoms with Crippen LogP contribution in [0.4, 0.5) is 0 Å². The fraction of sp³-hybridized carbons (Fsp3) is 0.214. The number of hydrogen-bond donors (Lipinski definition) is 2. The van der Waals surface area contributed by atoms with Crippen LogP contribution in [0.25, 0.3) is 0 Å². The molecule has 2 rings (SSSR count). The summed E-state index contributed by atoms with van der Waals surface area (Å²) in [5.41, 5.74) is 1.56. The Labute approximate surface area is 125 Å². The molecule has 0 unspecified atom stereocenters. The average molecular weight is 309 g/mol. The summed E-state index contributed by atoms with van der Waals surface area (Å²) in [6.45, 7) is 0.502. The summed E-state index contributed by atoms with van der Waals surface area (Å²) in [6.07, 6.45) is 3.04. The molecule has 1 heterocycles. The first kappa shape index (κ1) is 15.1. The molecular formula is C14H13ClN2O4. The lowest BCUT2D eigenvalue weighted by atomic mass is 10.0. The zero-order chi connectivity index (χ0) is 15.4. The number of nitrogens with zero attached hydrogens (tertiary/aromatic N) is 2. The predicted octanol–water partition coefficient (Wildman–Crippen LogP) is 1.91. The molecule has 0 atom stereocenters. The number of benzene rings is 1. The van der Waals surface area contributed by atoms with E-state index in [0.29, 0.717) is 17.1 Å². The number of halogens is 1. The van der Waals surface area contributed by atoms with E-state index in [0.717, 1.165) is 5.56 Å². The molecular weight excluding hydrogens is 296 g/mol. The fourth-order valence-corrected chi connectivity index (χ4v) is 2.02. The van der Waals surface area contributed by atoms with Gasteiger partial charge < -0.3 is 10.2 Å². The van der Waals surface area contributed by atoms with Crippen LogP contribution < -0.4 is 0 Å². The van der Waals surface area contributed by atoms with E-state index in [4.69, 9.17) is 21.8 Å². The molecule has 7 heteroatoms. The van der Waals surface area contributed by atoms with E-state index in [1.807, 2.05) is 12.1 Å². The number of aromatic nitrogens is 2.